The van der Waals surface area contributed by atoms with Gasteiger partial charge in [-0.2, -0.15) is 0 Å². The summed E-state index contributed by atoms with van der Waals surface area (Å²) in [6.07, 6.45) is 10.1. The lowest BCUT2D eigenvalue weighted by molar-refractivity contribution is 0.114. The Morgan fingerprint density at radius 2 is 1.50 bits per heavy atom. The van der Waals surface area contributed by atoms with Crippen molar-refractivity contribution in [2.75, 3.05) is 0 Å². The lowest BCUT2D eigenvalue weighted by Gasteiger charge is -2.42. The van der Waals surface area contributed by atoms with Crippen molar-refractivity contribution in [3.05, 3.63) is 59.2 Å². The molecule has 28 heavy (non-hydrogen) atoms. The van der Waals surface area contributed by atoms with Crippen molar-refractivity contribution in [1.29, 1.82) is 0 Å². The van der Waals surface area contributed by atoms with Crippen LogP contribution in [0.1, 0.15) is 75.3 Å². The van der Waals surface area contributed by atoms with Crippen LogP contribution in [0, 0.1) is 36.3 Å². The molecule has 2 aliphatic rings. The van der Waals surface area contributed by atoms with Gasteiger partial charge in [0, 0.05) is 0 Å². The minimum Gasteiger partial charge on any atom is -0.206 e. The standard InChI is InChI=1S/C26H32F2/c1-3-4-18-7-10-21-14-22(12-11-20(21)13-18)23-15-24(27)26(25(28)16-23)19-8-5-17(2)6-9-19/h5-6,8-9,15-16,18,20-22H,3-4,7,10-14H2,1-2H3. The summed E-state index contributed by atoms with van der Waals surface area (Å²) in [4.78, 5) is 0. The molecule has 0 aliphatic heterocycles. The van der Waals surface area contributed by atoms with E-state index in [9.17, 15) is 8.78 Å². The molecular weight excluding hydrogens is 350 g/mol. The van der Waals surface area contributed by atoms with Crippen LogP contribution in [0.2, 0.25) is 0 Å². The van der Waals surface area contributed by atoms with Gasteiger partial charge in [-0.3, -0.25) is 0 Å². The third-order valence-corrected chi connectivity index (χ3v) is 7.29. The van der Waals surface area contributed by atoms with E-state index in [4.69, 9.17) is 0 Å². The lowest BCUT2D eigenvalue weighted by atomic mass is 9.63. The molecule has 0 heterocycles. The Balaban J connectivity index is 1.51. The number of fused-ring (bicyclic) bond motifs is 1. The first-order valence-electron chi connectivity index (χ1n) is 11.1. The molecule has 2 aliphatic carbocycles. The molecule has 2 saturated carbocycles. The number of hydrogen-bond acceptors (Lipinski definition) is 0. The van der Waals surface area contributed by atoms with Crippen LogP contribution < -0.4 is 0 Å². The van der Waals surface area contributed by atoms with E-state index < -0.39 is 11.6 Å². The number of rotatable bonds is 4. The number of aryl methyl sites for hydroxylation is 1. The molecule has 4 rings (SSSR count). The highest BCUT2D eigenvalue weighted by molar-refractivity contribution is 5.65. The first-order chi connectivity index (χ1) is 13.5. The van der Waals surface area contributed by atoms with Gasteiger partial charge in [0.25, 0.3) is 0 Å². The third-order valence-electron chi connectivity index (χ3n) is 7.29. The van der Waals surface area contributed by atoms with Gasteiger partial charge in [-0.25, -0.2) is 8.78 Å². The quantitative estimate of drug-likeness (QED) is 0.502. The van der Waals surface area contributed by atoms with Crippen LogP contribution in [-0.4, -0.2) is 0 Å². The first kappa shape index (κ1) is 19.6. The van der Waals surface area contributed by atoms with E-state index >= 15 is 0 Å². The van der Waals surface area contributed by atoms with Gasteiger partial charge < -0.3 is 0 Å². The molecule has 0 spiro atoms. The van der Waals surface area contributed by atoms with Crippen LogP contribution in [0.4, 0.5) is 8.78 Å². The van der Waals surface area contributed by atoms with Crippen molar-refractivity contribution in [3.8, 4) is 11.1 Å². The van der Waals surface area contributed by atoms with Gasteiger partial charge in [-0.05, 0) is 86.0 Å². The van der Waals surface area contributed by atoms with Gasteiger partial charge in [0.2, 0.25) is 0 Å². The molecule has 0 nitrogen and oxygen atoms in total. The summed E-state index contributed by atoms with van der Waals surface area (Å²) < 4.78 is 29.8. The summed E-state index contributed by atoms with van der Waals surface area (Å²) >= 11 is 0. The molecule has 2 heteroatoms. The minimum atomic E-state index is -0.423. The molecule has 0 radical (unpaired) electrons. The van der Waals surface area contributed by atoms with E-state index in [0.29, 0.717) is 11.5 Å². The predicted octanol–water partition coefficient (Wildman–Crippen LogP) is 8.04. The van der Waals surface area contributed by atoms with Crippen LogP contribution in [0.5, 0.6) is 0 Å². The van der Waals surface area contributed by atoms with Crippen molar-refractivity contribution < 1.29 is 8.78 Å². The smallest absolute Gasteiger partial charge is 0.134 e. The van der Waals surface area contributed by atoms with Crippen LogP contribution in [0.25, 0.3) is 11.1 Å². The minimum absolute atomic E-state index is 0.109. The fourth-order valence-electron chi connectivity index (χ4n) is 5.78. The zero-order valence-electron chi connectivity index (χ0n) is 17.2. The van der Waals surface area contributed by atoms with Gasteiger partial charge in [0.15, 0.2) is 0 Å². The molecule has 4 unspecified atom stereocenters. The molecule has 0 bridgehead atoms. The van der Waals surface area contributed by atoms with Crippen LogP contribution >= 0.6 is 0 Å². The maximum Gasteiger partial charge on any atom is 0.134 e. The molecule has 2 aromatic rings. The molecule has 2 aromatic carbocycles. The van der Waals surface area contributed by atoms with Gasteiger partial charge in [0.1, 0.15) is 11.6 Å². The Kier molecular flexibility index (Phi) is 5.85. The molecule has 0 amide bonds. The highest BCUT2D eigenvalue weighted by Gasteiger charge is 2.36. The topological polar surface area (TPSA) is 0 Å². The van der Waals surface area contributed by atoms with Gasteiger partial charge >= 0.3 is 0 Å². The SMILES string of the molecule is CCCC1CCC2CC(c3cc(F)c(-c4ccc(C)cc4)c(F)c3)CCC2C1. The second-order valence-electron chi connectivity index (χ2n) is 9.22. The van der Waals surface area contributed by atoms with Gasteiger partial charge in [0.05, 0.1) is 5.56 Å². The van der Waals surface area contributed by atoms with E-state index in [2.05, 4.69) is 6.92 Å². The molecule has 0 saturated heterocycles. The zero-order valence-corrected chi connectivity index (χ0v) is 17.2. The zero-order chi connectivity index (χ0) is 19.7. The fourth-order valence-corrected chi connectivity index (χ4v) is 5.78. The Hall–Kier alpha value is -1.70. The second kappa shape index (κ2) is 8.35. The lowest BCUT2D eigenvalue weighted by Crippen LogP contribution is -2.30. The molecule has 2 fully saturated rings. The Labute approximate surface area is 168 Å². The molecule has 0 N–H and O–H groups in total. The molecule has 4 atom stereocenters. The maximum absolute atomic E-state index is 14.9. The third kappa shape index (κ3) is 4.02. The average Bonchev–Trinajstić information content (AvgIpc) is 2.68. The second-order valence-corrected chi connectivity index (χ2v) is 9.22. The van der Waals surface area contributed by atoms with E-state index in [-0.39, 0.29) is 5.56 Å². The summed E-state index contributed by atoms with van der Waals surface area (Å²) in [6.45, 7) is 4.26. The monoisotopic (exact) mass is 382 g/mol. The molecule has 150 valence electrons. The molecule has 0 aromatic heterocycles. The maximum atomic E-state index is 14.9. The van der Waals surface area contributed by atoms with E-state index in [1.165, 1.54) is 38.5 Å². The highest BCUT2D eigenvalue weighted by atomic mass is 19.1. The van der Waals surface area contributed by atoms with Gasteiger partial charge in [-0.1, -0.05) is 56.0 Å². The van der Waals surface area contributed by atoms with Crippen molar-refractivity contribution in [2.24, 2.45) is 17.8 Å². The largest absolute Gasteiger partial charge is 0.206 e. The van der Waals surface area contributed by atoms with Crippen LogP contribution in [0.15, 0.2) is 36.4 Å². The summed E-state index contributed by atoms with van der Waals surface area (Å²) in [5, 5.41) is 0. The summed E-state index contributed by atoms with van der Waals surface area (Å²) in [5.41, 5.74) is 2.68. The average molecular weight is 383 g/mol. The summed E-state index contributed by atoms with van der Waals surface area (Å²) in [5.74, 6) is 1.95. The van der Waals surface area contributed by atoms with Crippen molar-refractivity contribution >= 4 is 0 Å². The van der Waals surface area contributed by atoms with Crippen molar-refractivity contribution in [2.45, 2.75) is 71.1 Å². The predicted molar refractivity (Wildman–Crippen MR) is 112 cm³/mol. The fraction of sp³-hybridized carbons (Fsp3) is 0.538. The van der Waals surface area contributed by atoms with Crippen LogP contribution in [0.3, 0.4) is 0 Å². The van der Waals surface area contributed by atoms with Crippen LogP contribution in [-0.2, 0) is 0 Å². The van der Waals surface area contributed by atoms with Crippen molar-refractivity contribution in [1.82, 2.24) is 0 Å². The summed E-state index contributed by atoms with van der Waals surface area (Å²) in [6, 6.07) is 10.6. The number of hydrogen-bond donors (Lipinski definition) is 0. The van der Waals surface area contributed by atoms with Crippen molar-refractivity contribution in [3.63, 3.8) is 0 Å². The normalized spacial score (nSPS) is 27.4. The Morgan fingerprint density at radius 3 is 2.18 bits per heavy atom. The Bertz CT molecular complexity index is 785. The van der Waals surface area contributed by atoms with Gasteiger partial charge in [-0.15, -0.1) is 0 Å². The Morgan fingerprint density at radius 1 is 0.857 bits per heavy atom. The highest BCUT2D eigenvalue weighted by Crippen LogP contribution is 2.48. The van der Waals surface area contributed by atoms with E-state index in [0.717, 1.165) is 41.7 Å². The van der Waals surface area contributed by atoms with E-state index in [1.807, 2.05) is 19.1 Å². The molecular formula is C26H32F2. The van der Waals surface area contributed by atoms with E-state index in [1.54, 1.807) is 24.3 Å². The number of halogens is 2. The first-order valence-corrected chi connectivity index (χ1v) is 11.1. The number of benzene rings is 2. The summed E-state index contributed by atoms with van der Waals surface area (Å²) in [7, 11) is 0.